The smallest absolute Gasteiger partial charge is 0.391 e. The molecule has 23 heavy (non-hydrogen) atoms. The fraction of sp³-hybridized carbons (Fsp3) is 0.588. The van der Waals surface area contributed by atoms with Crippen molar-refractivity contribution in [3.8, 4) is 0 Å². The zero-order valence-electron chi connectivity index (χ0n) is 12.9. The van der Waals surface area contributed by atoms with Gasteiger partial charge < -0.3 is 10.0 Å². The Morgan fingerprint density at radius 3 is 2.43 bits per heavy atom. The number of hydrogen-bond donors (Lipinski definition) is 1. The number of benzene rings is 1. The van der Waals surface area contributed by atoms with Crippen LogP contribution in [0.4, 0.5) is 13.2 Å². The van der Waals surface area contributed by atoms with E-state index in [9.17, 15) is 23.1 Å². The number of amides is 1. The molecule has 0 bridgehead atoms. The lowest BCUT2D eigenvalue weighted by Gasteiger charge is -2.21. The Morgan fingerprint density at radius 2 is 1.91 bits per heavy atom. The maximum absolute atomic E-state index is 12.6. The molecule has 2 aliphatic carbocycles. The van der Waals surface area contributed by atoms with Crippen LogP contribution in [0.2, 0.25) is 0 Å². The van der Waals surface area contributed by atoms with Crippen molar-refractivity contribution in [2.75, 3.05) is 13.6 Å². The largest absolute Gasteiger partial charge is 0.416 e. The number of alkyl halides is 3. The van der Waals surface area contributed by atoms with Crippen molar-refractivity contribution in [3.63, 3.8) is 0 Å². The molecule has 1 N–H and O–H groups in total. The van der Waals surface area contributed by atoms with Crippen molar-refractivity contribution in [1.29, 1.82) is 0 Å². The third-order valence-electron chi connectivity index (χ3n) is 4.78. The number of carbonyl (C=O) groups excluding carboxylic acids is 1. The Morgan fingerprint density at radius 1 is 1.30 bits per heavy atom. The van der Waals surface area contributed by atoms with Gasteiger partial charge in [0.1, 0.15) is 0 Å². The van der Waals surface area contributed by atoms with Gasteiger partial charge in [-0.1, -0.05) is 12.1 Å². The van der Waals surface area contributed by atoms with Crippen LogP contribution in [0.15, 0.2) is 24.3 Å². The standard InChI is InChI=1S/C17H20F3NO2/c1-21(9-15(22)11-2-3-11)16(23)14-8-13(14)10-4-6-12(7-5-10)17(18,19)20/h4-7,11,13-15,22H,2-3,8-9H2,1H3. The number of halogens is 3. The van der Waals surface area contributed by atoms with Gasteiger partial charge in [-0.05, 0) is 48.8 Å². The van der Waals surface area contributed by atoms with E-state index in [1.807, 2.05) is 0 Å². The van der Waals surface area contributed by atoms with Gasteiger partial charge in [0.05, 0.1) is 11.7 Å². The van der Waals surface area contributed by atoms with E-state index in [4.69, 9.17) is 0 Å². The van der Waals surface area contributed by atoms with Crippen molar-refractivity contribution in [2.45, 2.75) is 37.5 Å². The van der Waals surface area contributed by atoms with E-state index in [-0.39, 0.29) is 17.7 Å². The number of nitrogens with zero attached hydrogens (tertiary/aromatic N) is 1. The molecule has 1 amide bonds. The Hall–Kier alpha value is -1.56. The first-order valence-corrected chi connectivity index (χ1v) is 7.87. The third-order valence-corrected chi connectivity index (χ3v) is 4.78. The van der Waals surface area contributed by atoms with Gasteiger partial charge in [-0.25, -0.2) is 0 Å². The average molecular weight is 327 g/mol. The SMILES string of the molecule is CN(CC(O)C1CC1)C(=O)C1CC1c1ccc(C(F)(F)F)cc1. The Kier molecular flexibility index (Phi) is 4.12. The summed E-state index contributed by atoms with van der Waals surface area (Å²) >= 11 is 0. The van der Waals surface area contributed by atoms with Gasteiger partial charge >= 0.3 is 6.18 Å². The third kappa shape index (κ3) is 3.68. The summed E-state index contributed by atoms with van der Waals surface area (Å²) in [5.41, 5.74) is 0.0990. The van der Waals surface area contributed by atoms with Crippen LogP contribution in [0.3, 0.4) is 0 Å². The first kappa shape index (κ1) is 16.3. The second-order valence-corrected chi connectivity index (χ2v) is 6.69. The lowest BCUT2D eigenvalue weighted by atomic mass is 10.1. The van der Waals surface area contributed by atoms with Crippen molar-refractivity contribution in [1.82, 2.24) is 4.90 Å². The fourth-order valence-electron chi connectivity index (χ4n) is 3.04. The highest BCUT2D eigenvalue weighted by Crippen LogP contribution is 2.48. The Balaban J connectivity index is 1.56. The number of hydrogen-bond acceptors (Lipinski definition) is 2. The minimum Gasteiger partial charge on any atom is -0.391 e. The number of likely N-dealkylation sites (N-methyl/N-ethyl adjacent to an activating group) is 1. The Labute approximate surface area is 133 Å². The minimum atomic E-state index is -4.34. The monoisotopic (exact) mass is 327 g/mol. The highest BCUT2D eigenvalue weighted by molar-refractivity contribution is 5.82. The van der Waals surface area contributed by atoms with Gasteiger partial charge in [-0.15, -0.1) is 0 Å². The van der Waals surface area contributed by atoms with Crippen LogP contribution in [0, 0.1) is 11.8 Å². The molecule has 0 saturated heterocycles. The Bertz CT molecular complexity index is 580. The van der Waals surface area contributed by atoms with Gasteiger partial charge in [0.15, 0.2) is 0 Å². The molecule has 3 nitrogen and oxygen atoms in total. The molecule has 1 aromatic rings. The predicted octanol–water partition coefficient (Wildman–Crippen LogP) is 3.04. The van der Waals surface area contributed by atoms with Crippen LogP contribution in [0.1, 0.15) is 36.3 Å². The van der Waals surface area contributed by atoms with E-state index in [0.717, 1.165) is 30.5 Å². The number of rotatable bonds is 5. The van der Waals surface area contributed by atoms with E-state index in [0.29, 0.717) is 18.9 Å². The maximum Gasteiger partial charge on any atom is 0.416 e. The molecule has 126 valence electrons. The van der Waals surface area contributed by atoms with Gasteiger partial charge in [-0.3, -0.25) is 4.79 Å². The normalized spacial score (nSPS) is 25.1. The molecular formula is C17H20F3NO2. The van der Waals surface area contributed by atoms with Crippen molar-refractivity contribution in [3.05, 3.63) is 35.4 Å². The van der Waals surface area contributed by atoms with E-state index in [1.165, 1.54) is 12.1 Å². The van der Waals surface area contributed by atoms with Gasteiger partial charge in [0, 0.05) is 19.5 Å². The summed E-state index contributed by atoms with van der Waals surface area (Å²) in [5, 5.41) is 9.90. The van der Waals surface area contributed by atoms with Crippen LogP contribution in [0.25, 0.3) is 0 Å². The molecule has 2 aliphatic rings. The molecule has 0 aromatic heterocycles. The minimum absolute atomic E-state index is 0.00898. The summed E-state index contributed by atoms with van der Waals surface area (Å²) in [6, 6.07) is 5.05. The maximum atomic E-state index is 12.6. The predicted molar refractivity (Wildman–Crippen MR) is 78.7 cm³/mol. The lowest BCUT2D eigenvalue weighted by Crippen LogP contribution is -2.36. The van der Waals surface area contributed by atoms with E-state index < -0.39 is 17.8 Å². The second-order valence-electron chi connectivity index (χ2n) is 6.69. The van der Waals surface area contributed by atoms with E-state index >= 15 is 0 Å². The molecule has 6 heteroatoms. The molecular weight excluding hydrogens is 307 g/mol. The molecule has 0 aliphatic heterocycles. The molecule has 3 rings (SSSR count). The highest BCUT2D eigenvalue weighted by atomic mass is 19.4. The topological polar surface area (TPSA) is 40.5 Å². The summed E-state index contributed by atoms with van der Waals surface area (Å²) in [6.45, 7) is 0.333. The van der Waals surface area contributed by atoms with E-state index in [2.05, 4.69) is 0 Å². The van der Waals surface area contributed by atoms with Gasteiger partial charge in [0.2, 0.25) is 5.91 Å². The lowest BCUT2D eigenvalue weighted by molar-refractivity contribution is -0.137. The van der Waals surface area contributed by atoms with Gasteiger partial charge in [0.25, 0.3) is 0 Å². The van der Waals surface area contributed by atoms with Crippen LogP contribution < -0.4 is 0 Å². The average Bonchev–Trinajstić information content (AvgIpc) is 3.38. The first-order chi connectivity index (χ1) is 10.8. The fourth-order valence-corrected chi connectivity index (χ4v) is 3.04. The summed E-state index contributed by atoms with van der Waals surface area (Å²) in [7, 11) is 1.68. The molecule has 1 aromatic carbocycles. The summed E-state index contributed by atoms with van der Waals surface area (Å²) in [5.74, 6) is 0.0956. The summed E-state index contributed by atoms with van der Waals surface area (Å²) in [4.78, 5) is 13.9. The first-order valence-electron chi connectivity index (χ1n) is 7.87. The number of carbonyl (C=O) groups is 1. The van der Waals surface area contributed by atoms with Crippen LogP contribution in [-0.4, -0.2) is 35.6 Å². The zero-order chi connectivity index (χ0) is 16.8. The van der Waals surface area contributed by atoms with Crippen molar-refractivity contribution >= 4 is 5.91 Å². The quantitative estimate of drug-likeness (QED) is 0.903. The van der Waals surface area contributed by atoms with Crippen LogP contribution >= 0.6 is 0 Å². The molecule has 3 atom stereocenters. The van der Waals surface area contributed by atoms with E-state index in [1.54, 1.807) is 11.9 Å². The van der Waals surface area contributed by atoms with Gasteiger partial charge in [-0.2, -0.15) is 13.2 Å². The summed E-state index contributed by atoms with van der Waals surface area (Å²) in [6.07, 6.45) is -2.11. The van der Waals surface area contributed by atoms with Crippen molar-refractivity contribution in [2.24, 2.45) is 11.8 Å². The summed E-state index contributed by atoms with van der Waals surface area (Å²) < 4.78 is 37.7. The zero-order valence-corrected chi connectivity index (χ0v) is 12.9. The van der Waals surface area contributed by atoms with Crippen LogP contribution in [0.5, 0.6) is 0 Å². The number of aliphatic hydroxyl groups is 1. The molecule has 0 radical (unpaired) electrons. The van der Waals surface area contributed by atoms with Crippen molar-refractivity contribution < 1.29 is 23.1 Å². The number of aliphatic hydroxyl groups excluding tert-OH is 1. The van der Waals surface area contributed by atoms with Crippen LogP contribution in [-0.2, 0) is 11.0 Å². The molecule has 3 unspecified atom stereocenters. The molecule has 0 spiro atoms. The molecule has 0 heterocycles. The molecule has 2 saturated carbocycles. The highest BCUT2D eigenvalue weighted by Gasteiger charge is 2.46. The second kappa shape index (κ2) is 5.82. The molecule has 2 fully saturated rings.